The highest BCUT2D eigenvalue weighted by Gasteiger charge is 2.38. The average Bonchev–Trinajstić information content (AvgIpc) is 2.61. The van der Waals surface area contributed by atoms with E-state index in [4.69, 9.17) is 31.2 Å². The molecular formula is C17H23F3N4O6. The number of carbonyl (C=O) groups excluding carboxylic acids is 1. The van der Waals surface area contributed by atoms with Gasteiger partial charge in [0.15, 0.2) is 12.6 Å². The Kier molecular flexibility index (Phi) is 10.7. The first-order chi connectivity index (χ1) is 13.8. The van der Waals surface area contributed by atoms with Crippen LogP contribution in [-0.4, -0.2) is 46.8 Å². The van der Waals surface area contributed by atoms with Crippen molar-refractivity contribution in [2.75, 3.05) is 11.9 Å². The summed E-state index contributed by atoms with van der Waals surface area (Å²) in [5, 5.41) is 18.6. The Morgan fingerprint density at radius 3 is 2.10 bits per heavy atom. The number of nitrogens with one attached hydrogen (secondary N) is 1. The van der Waals surface area contributed by atoms with Gasteiger partial charge in [0, 0.05) is 5.92 Å². The van der Waals surface area contributed by atoms with Crippen molar-refractivity contribution in [3.63, 3.8) is 0 Å². The molecule has 0 aromatic heterocycles. The van der Waals surface area contributed by atoms with E-state index in [-0.39, 0.29) is 23.5 Å². The SMILES string of the molecule is CCC(CC)C(=O)Nc1cc(N=C(N)N)ccc1OCC(=O)O.O=C(O)C(F)(F)F. The Bertz CT molecular complexity index is 775. The minimum Gasteiger partial charge on any atom is -0.480 e. The van der Waals surface area contributed by atoms with Gasteiger partial charge in [-0.15, -0.1) is 0 Å². The van der Waals surface area contributed by atoms with E-state index in [0.717, 1.165) is 0 Å². The van der Waals surface area contributed by atoms with Crippen LogP contribution < -0.4 is 21.5 Å². The molecule has 0 aliphatic heterocycles. The van der Waals surface area contributed by atoms with Crippen LogP contribution in [0.1, 0.15) is 26.7 Å². The summed E-state index contributed by atoms with van der Waals surface area (Å²) in [6, 6.07) is 4.59. The lowest BCUT2D eigenvalue weighted by Gasteiger charge is -2.16. The van der Waals surface area contributed by atoms with Crippen LogP contribution in [0.4, 0.5) is 24.5 Å². The monoisotopic (exact) mass is 436 g/mol. The molecule has 0 saturated heterocycles. The third-order valence-electron chi connectivity index (χ3n) is 3.43. The molecular weight excluding hydrogens is 413 g/mol. The molecule has 30 heavy (non-hydrogen) atoms. The molecule has 0 unspecified atom stereocenters. The van der Waals surface area contributed by atoms with E-state index in [2.05, 4.69) is 10.3 Å². The van der Waals surface area contributed by atoms with Crippen molar-refractivity contribution < 1.29 is 42.5 Å². The fraction of sp³-hybridized carbons (Fsp3) is 0.412. The van der Waals surface area contributed by atoms with Gasteiger partial charge in [-0.3, -0.25) is 4.79 Å². The Balaban J connectivity index is 0.00000103. The van der Waals surface area contributed by atoms with Crippen LogP contribution in [-0.2, 0) is 14.4 Å². The van der Waals surface area contributed by atoms with E-state index in [9.17, 15) is 22.8 Å². The number of aliphatic imine (C=N–C) groups is 1. The van der Waals surface area contributed by atoms with Crippen molar-refractivity contribution >= 4 is 35.2 Å². The predicted octanol–water partition coefficient (Wildman–Crippen LogP) is 2.06. The summed E-state index contributed by atoms with van der Waals surface area (Å²) in [6.07, 6.45) is -3.69. The smallest absolute Gasteiger partial charge is 0.480 e. The first-order valence-corrected chi connectivity index (χ1v) is 8.50. The summed E-state index contributed by atoms with van der Waals surface area (Å²) in [6.45, 7) is 3.33. The number of alkyl halides is 3. The molecule has 0 fully saturated rings. The Labute approximate surface area is 169 Å². The molecule has 168 valence electrons. The fourth-order valence-electron chi connectivity index (χ4n) is 1.99. The Morgan fingerprint density at radius 1 is 1.17 bits per heavy atom. The summed E-state index contributed by atoms with van der Waals surface area (Å²) in [4.78, 5) is 35.7. The van der Waals surface area contributed by atoms with Gasteiger partial charge < -0.3 is 31.7 Å². The number of rotatable bonds is 8. The summed E-state index contributed by atoms with van der Waals surface area (Å²) in [7, 11) is 0. The van der Waals surface area contributed by atoms with Gasteiger partial charge in [-0.1, -0.05) is 13.8 Å². The minimum atomic E-state index is -5.08. The third-order valence-corrected chi connectivity index (χ3v) is 3.43. The van der Waals surface area contributed by atoms with Crippen molar-refractivity contribution in [3.05, 3.63) is 18.2 Å². The quantitative estimate of drug-likeness (QED) is 0.304. The maximum atomic E-state index is 12.2. The molecule has 1 rings (SSSR count). The van der Waals surface area contributed by atoms with E-state index in [1.54, 1.807) is 6.07 Å². The molecule has 1 amide bonds. The van der Waals surface area contributed by atoms with E-state index >= 15 is 0 Å². The van der Waals surface area contributed by atoms with Crippen LogP contribution in [0.2, 0.25) is 0 Å². The van der Waals surface area contributed by atoms with Crippen molar-refractivity contribution in [1.82, 2.24) is 0 Å². The van der Waals surface area contributed by atoms with Crippen LogP contribution in [0.5, 0.6) is 5.75 Å². The summed E-state index contributed by atoms with van der Waals surface area (Å²) < 4.78 is 36.9. The molecule has 0 atom stereocenters. The second-order valence-corrected chi connectivity index (χ2v) is 5.71. The van der Waals surface area contributed by atoms with Gasteiger partial charge >= 0.3 is 18.1 Å². The predicted molar refractivity (Wildman–Crippen MR) is 101 cm³/mol. The van der Waals surface area contributed by atoms with Gasteiger partial charge in [-0.2, -0.15) is 13.2 Å². The van der Waals surface area contributed by atoms with Crippen LogP contribution >= 0.6 is 0 Å². The number of hydrogen-bond acceptors (Lipinski definition) is 5. The minimum absolute atomic E-state index is 0.124. The first kappa shape index (κ1) is 26.5. The number of carbonyl (C=O) groups is 3. The van der Waals surface area contributed by atoms with Gasteiger partial charge in [0.05, 0.1) is 11.4 Å². The normalized spacial score (nSPS) is 10.5. The molecule has 0 saturated carbocycles. The lowest BCUT2D eigenvalue weighted by Crippen LogP contribution is -2.23. The standard InChI is InChI=1S/C15H22N4O4.C2HF3O2/c1-3-9(4-2)14(22)19-11-7-10(18-15(16)17)5-6-12(11)23-8-13(20)21;3-2(4,5)1(6)7/h5-7,9H,3-4,8H2,1-2H3,(H,19,22)(H,20,21)(H4,16,17,18);(H,6,7). The lowest BCUT2D eigenvalue weighted by atomic mass is 10.0. The van der Waals surface area contributed by atoms with Crippen LogP contribution in [0, 0.1) is 5.92 Å². The summed E-state index contributed by atoms with van der Waals surface area (Å²) >= 11 is 0. The molecule has 0 aliphatic rings. The highest BCUT2D eigenvalue weighted by molar-refractivity contribution is 5.94. The molecule has 0 spiro atoms. The number of nitrogens with two attached hydrogens (primary N) is 2. The van der Waals surface area contributed by atoms with E-state index in [1.807, 2.05) is 13.8 Å². The van der Waals surface area contributed by atoms with Gasteiger partial charge in [-0.25, -0.2) is 14.6 Å². The fourth-order valence-corrected chi connectivity index (χ4v) is 1.99. The number of hydrogen-bond donors (Lipinski definition) is 5. The number of guanidine groups is 1. The lowest BCUT2D eigenvalue weighted by molar-refractivity contribution is -0.192. The topological polar surface area (TPSA) is 177 Å². The zero-order valence-electron chi connectivity index (χ0n) is 16.2. The molecule has 0 bridgehead atoms. The number of aliphatic carboxylic acids is 2. The molecule has 1 aromatic carbocycles. The number of benzene rings is 1. The maximum absolute atomic E-state index is 12.2. The number of anilines is 1. The summed E-state index contributed by atoms with van der Waals surface area (Å²) in [5.41, 5.74) is 11.4. The molecule has 0 aliphatic carbocycles. The van der Waals surface area contributed by atoms with Gasteiger partial charge in [0.25, 0.3) is 0 Å². The Morgan fingerprint density at radius 2 is 1.70 bits per heavy atom. The number of ether oxygens (including phenoxy) is 1. The molecule has 1 aromatic rings. The molecule has 0 radical (unpaired) electrons. The van der Waals surface area contributed by atoms with Crippen LogP contribution in [0.15, 0.2) is 23.2 Å². The van der Waals surface area contributed by atoms with Crippen molar-refractivity contribution in [2.24, 2.45) is 22.4 Å². The van der Waals surface area contributed by atoms with Crippen molar-refractivity contribution in [1.29, 1.82) is 0 Å². The number of carboxylic acids is 2. The maximum Gasteiger partial charge on any atom is 0.490 e. The largest absolute Gasteiger partial charge is 0.490 e. The number of carboxylic acid groups (broad SMARTS) is 2. The number of nitrogens with zero attached hydrogens (tertiary/aromatic N) is 1. The van der Waals surface area contributed by atoms with Crippen LogP contribution in [0.3, 0.4) is 0 Å². The summed E-state index contributed by atoms with van der Waals surface area (Å²) in [5.74, 6) is -4.07. The second-order valence-electron chi connectivity index (χ2n) is 5.71. The number of amides is 1. The molecule has 7 N–H and O–H groups in total. The van der Waals surface area contributed by atoms with E-state index in [0.29, 0.717) is 24.2 Å². The van der Waals surface area contributed by atoms with Gasteiger partial charge in [0.1, 0.15) is 5.75 Å². The zero-order chi connectivity index (χ0) is 23.5. The Hall–Kier alpha value is -3.51. The number of halogens is 3. The van der Waals surface area contributed by atoms with E-state index in [1.165, 1.54) is 12.1 Å². The van der Waals surface area contributed by atoms with Gasteiger partial charge in [-0.05, 0) is 31.0 Å². The zero-order valence-corrected chi connectivity index (χ0v) is 16.2. The second kappa shape index (κ2) is 12.1. The first-order valence-electron chi connectivity index (χ1n) is 8.50. The van der Waals surface area contributed by atoms with Crippen molar-refractivity contribution in [2.45, 2.75) is 32.9 Å². The highest BCUT2D eigenvalue weighted by atomic mass is 19.4. The molecule has 0 heterocycles. The molecule has 13 heteroatoms. The molecule has 10 nitrogen and oxygen atoms in total. The van der Waals surface area contributed by atoms with Crippen LogP contribution in [0.25, 0.3) is 0 Å². The average molecular weight is 436 g/mol. The van der Waals surface area contributed by atoms with E-state index < -0.39 is 24.7 Å². The van der Waals surface area contributed by atoms with Gasteiger partial charge in [0.2, 0.25) is 5.91 Å². The highest BCUT2D eigenvalue weighted by Crippen LogP contribution is 2.30. The van der Waals surface area contributed by atoms with Crippen molar-refractivity contribution in [3.8, 4) is 5.75 Å². The third kappa shape index (κ3) is 10.1.